The third-order valence-electron chi connectivity index (χ3n) is 4.41. The fraction of sp³-hybridized carbons (Fsp3) is 0.444. The van der Waals surface area contributed by atoms with E-state index in [1.165, 1.54) is 0 Å². The van der Waals surface area contributed by atoms with Crippen molar-refractivity contribution in [3.63, 3.8) is 0 Å². The summed E-state index contributed by atoms with van der Waals surface area (Å²) >= 11 is 6.06. The quantitative estimate of drug-likeness (QED) is 0.687. The summed E-state index contributed by atoms with van der Waals surface area (Å²) < 4.78 is 5.32. The summed E-state index contributed by atoms with van der Waals surface area (Å²) in [6.45, 7) is 4.85. The van der Waals surface area contributed by atoms with Crippen molar-refractivity contribution in [2.75, 3.05) is 19.7 Å². The second-order valence-corrected chi connectivity index (χ2v) is 6.76. The summed E-state index contributed by atoms with van der Waals surface area (Å²) in [4.78, 5) is 24.6. The van der Waals surface area contributed by atoms with E-state index in [4.69, 9.17) is 21.4 Å². The van der Waals surface area contributed by atoms with Crippen LogP contribution in [0.4, 0.5) is 0 Å². The molecule has 0 bridgehead atoms. The van der Waals surface area contributed by atoms with Crippen LogP contribution in [-0.2, 0) is 16.1 Å². The fourth-order valence-corrected chi connectivity index (χ4v) is 3.45. The number of likely N-dealkylation sites (tertiary alicyclic amines) is 1. The number of benzene rings is 1. The third-order valence-corrected chi connectivity index (χ3v) is 4.65. The van der Waals surface area contributed by atoms with E-state index in [9.17, 15) is 14.7 Å². The molecule has 0 unspecified atom stereocenters. The van der Waals surface area contributed by atoms with E-state index in [-0.39, 0.29) is 0 Å². The van der Waals surface area contributed by atoms with Crippen molar-refractivity contribution in [3.8, 4) is 5.75 Å². The summed E-state index contributed by atoms with van der Waals surface area (Å²) in [5.41, 5.74) is -0.0887. The van der Waals surface area contributed by atoms with E-state index in [0.717, 1.165) is 18.5 Å². The van der Waals surface area contributed by atoms with Crippen molar-refractivity contribution in [1.82, 2.24) is 4.90 Å². The van der Waals surface area contributed by atoms with Crippen molar-refractivity contribution in [3.05, 3.63) is 41.4 Å². The lowest BCUT2D eigenvalue weighted by Crippen LogP contribution is -2.47. The van der Waals surface area contributed by atoms with Crippen LogP contribution in [0.5, 0.6) is 5.75 Å². The van der Waals surface area contributed by atoms with Gasteiger partial charge in [-0.05, 0) is 44.0 Å². The summed E-state index contributed by atoms with van der Waals surface area (Å²) in [5, 5.41) is 19.0. The second kappa shape index (κ2) is 8.36. The first-order chi connectivity index (χ1) is 11.9. The van der Waals surface area contributed by atoms with Gasteiger partial charge in [0.2, 0.25) is 0 Å². The summed E-state index contributed by atoms with van der Waals surface area (Å²) in [7, 11) is 0. The van der Waals surface area contributed by atoms with Gasteiger partial charge in [0.05, 0.1) is 5.41 Å². The highest BCUT2D eigenvalue weighted by molar-refractivity contribution is 6.30. The Labute approximate surface area is 151 Å². The predicted octanol–water partition coefficient (Wildman–Crippen LogP) is 3.05. The van der Waals surface area contributed by atoms with Crippen molar-refractivity contribution in [1.29, 1.82) is 0 Å². The molecule has 25 heavy (non-hydrogen) atoms. The number of allylic oxidation sites excluding steroid dienone is 1. The molecular weight excluding hydrogens is 346 g/mol. The Morgan fingerprint density at radius 3 is 2.80 bits per heavy atom. The molecule has 1 aliphatic heterocycles. The molecule has 1 atom stereocenters. The predicted molar refractivity (Wildman–Crippen MR) is 94.0 cm³/mol. The van der Waals surface area contributed by atoms with E-state index in [2.05, 4.69) is 6.58 Å². The van der Waals surface area contributed by atoms with Gasteiger partial charge < -0.3 is 14.9 Å². The smallest absolute Gasteiger partial charge is 0.341 e. The fourth-order valence-electron chi connectivity index (χ4n) is 3.26. The van der Waals surface area contributed by atoms with Crippen LogP contribution < -0.4 is 4.74 Å². The zero-order valence-corrected chi connectivity index (χ0v) is 14.7. The van der Waals surface area contributed by atoms with Crippen LogP contribution in [-0.4, -0.2) is 46.7 Å². The highest BCUT2D eigenvalue weighted by Gasteiger charge is 2.41. The zero-order valence-electron chi connectivity index (χ0n) is 13.9. The van der Waals surface area contributed by atoms with Crippen molar-refractivity contribution < 1.29 is 24.5 Å². The molecule has 0 saturated carbocycles. The molecule has 0 amide bonds. The lowest BCUT2D eigenvalue weighted by Gasteiger charge is -2.39. The average molecular weight is 368 g/mol. The molecule has 0 aromatic heterocycles. The normalized spacial score (nSPS) is 20.8. The maximum atomic E-state index is 11.8. The van der Waals surface area contributed by atoms with Crippen LogP contribution in [0.1, 0.15) is 24.8 Å². The Balaban J connectivity index is 2.17. The highest BCUT2D eigenvalue weighted by atomic mass is 35.5. The highest BCUT2D eigenvalue weighted by Crippen LogP contribution is 2.36. The minimum atomic E-state index is -1.06. The molecule has 2 rings (SSSR count). The number of ether oxygens (including phenoxy) is 1. The molecular formula is C18H22ClNO5. The zero-order chi connectivity index (χ0) is 18.4. The van der Waals surface area contributed by atoms with Gasteiger partial charge in [0.1, 0.15) is 5.75 Å². The Kier molecular flexibility index (Phi) is 6.45. The standard InChI is InChI=1S/C18H22ClNO5/c1-2-6-18(17(23)24)7-3-8-20(12-18)10-13-9-14(19)4-5-15(13)25-11-16(21)22/h2,4-5,9H,1,3,6-8,10-12H2,(H,21,22)(H,23,24)/t18-/m1/s1. The Morgan fingerprint density at radius 2 is 2.16 bits per heavy atom. The van der Waals surface area contributed by atoms with E-state index in [1.807, 2.05) is 4.90 Å². The number of aliphatic carboxylic acids is 2. The molecule has 1 fully saturated rings. The lowest BCUT2D eigenvalue weighted by atomic mass is 9.77. The summed E-state index contributed by atoms with van der Waals surface area (Å²) in [6, 6.07) is 5.00. The van der Waals surface area contributed by atoms with Crippen LogP contribution in [0.15, 0.2) is 30.9 Å². The number of halogens is 1. The largest absolute Gasteiger partial charge is 0.482 e. The van der Waals surface area contributed by atoms with Gasteiger partial charge in [-0.3, -0.25) is 9.69 Å². The number of carboxylic acids is 2. The number of piperidine rings is 1. The third kappa shape index (κ3) is 4.96. The van der Waals surface area contributed by atoms with Crippen molar-refractivity contribution in [2.24, 2.45) is 5.41 Å². The van der Waals surface area contributed by atoms with Crippen LogP contribution in [0.25, 0.3) is 0 Å². The maximum absolute atomic E-state index is 11.8. The molecule has 136 valence electrons. The van der Waals surface area contributed by atoms with Gasteiger partial charge in [0.15, 0.2) is 6.61 Å². The molecule has 0 radical (unpaired) electrons. The number of hydrogen-bond donors (Lipinski definition) is 2. The van der Waals surface area contributed by atoms with Crippen molar-refractivity contribution >= 4 is 23.5 Å². The molecule has 0 spiro atoms. The minimum Gasteiger partial charge on any atom is -0.482 e. The van der Waals surface area contributed by atoms with Crippen LogP contribution in [0.3, 0.4) is 0 Å². The van der Waals surface area contributed by atoms with Gasteiger partial charge in [-0.2, -0.15) is 0 Å². The van der Waals surface area contributed by atoms with Gasteiger partial charge in [-0.1, -0.05) is 17.7 Å². The first-order valence-corrected chi connectivity index (χ1v) is 8.44. The lowest BCUT2D eigenvalue weighted by molar-refractivity contribution is -0.152. The average Bonchev–Trinajstić information content (AvgIpc) is 2.54. The number of carboxylic acid groups (broad SMARTS) is 2. The SMILES string of the molecule is C=CC[C@@]1(C(=O)O)CCCN(Cc2cc(Cl)ccc2OCC(=O)O)C1. The Hall–Kier alpha value is -2.05. The molecule has 1 aromatic carbocycles. The van der Waals surface area contributed by atoms with E-state index in [0.29, 0.717) is 36.7 Å². The second-order valence-electron chi connectivity index (χ2n) is 6.33. The molecule has 7 heteroatoms. The van der Waals surface area contributed by atoms with Gasteiger partial charge in [-0.25, -0.2) is 4.79 Å². The topological polar surface area (TPSA) is 87.1 Å². The number of carbonyl (C=O) groups is 2. The van der Waals surface area contributed by atoms with Crippen LogP contribution in [0, 0.1) is 5.41 Å². The first-order valence-electron chi connectivity index (χ1n) is 8.06. The summed E-state index contributed by atoms with van der Waals surface area (Å²) in [5.74, 6) is -1.43. The number of nitrogens with zero attached hydrogens (tertiary/aromatic N) is 1. The van der Waals surface area contributed by atoms with Gasteiger partial charge in [0, 0.05) is 23.7 Å². The van der Waals surface area contributed by atoms with Gasteiger partial charge in [0.25, 0.3) is 0 Å². The van der Waals surface area contributed by atoms with E-state index < -0.39 is 24.0 Å². The van der Waals surface area contributed by atoms with Crippen LogP contribution >= 0.6 is 11.6 Å². The van der Waals surface area contributed by atoms with Crippen molar-refractivity contribution in [2.45, 2.75) is 25.8 Å². The Morgan fingerprint density at radius 1 is 1.40 bits per heavy atom. The molecule has 2 N–H and O–H groups in total. The van der Waals surface area contributed by atoms with E-state index >= 15 is 0 Å². The molecule has 0 aliphatic carbocycles. The molecule has 1 saturated heterocycles. The first kappa shape index (κ1) is 19.3. The van der Waals surface area contributed by atoms with E-state index in [1.54, 1.807) is 24.3 Å². The Bertz CT molecular complexity index is 663. The minimum absolute atomic E-state index is 0.402. The molecule has 1 aromatic rings. The monoisotopic (exact) mass is 367 g/mol. The number of hydrogen-bond acceptors (Lipinski definition) is 4. The maximum Gasteiger partial charge on any atom is 0.341 e. The van der Waals surface area contributed by atoms with Crippen LogP contribution in [0.2, 0.25) is 5.02 Å². The molecule has 6 nitrogen and oxygen atoms in total. The molecule has 1 heterocycles. The molecule has 1 aliphatic rings. The number of rotatable bonds is 8. The van der Waals surface area contributed by atoms with Gasteiger partial charge >= 0.3 is 11.9 Å². The van der Waals surface area contributed by atoms with Gasteiger partial charge in [-0.15, -0.1) is 6.58 Å². The summed E-state index contributed by atoms with van der Waals surface area (Å²) in [6.07, 6.45) is 3.45.